The Labute approximate surface area is 343 Å². The first kappa shape index (κ1) is 63.9. The highest BCUT2D eigenvalue weighted by Gasteiger charge is 2.27. The van der Waals surface area contributed by atoms with Crippen LogP contribution < -0.4 is 14.7 Å². The van der Waals surface area contributed by atoms with Gasteiger partial charge in [0.25, 0.3) is 23.5 Å². The number of hydrogen-bond acceptors (Lipinski definition) is 15. The zero-order valence-electron chi connectivity index (χ0n) is 33.2. The maximum atomic E-state index is 11.3. The molecule has 6 atom stereocenters. The second-order valence-corrected chi connectivity index (χ2v) is 20.9. The van der Waals surface area contributed by atoms with Crippen LogP contribution in [0.5, 0.6) is 0 Å². The molecule has 6 unspecified atom stereocenters. The molecule has 58 heavy (non-hydrogen) atoms. The summed E-state index contributed by atoms with van der Waals surface area (Å²) in [6.45, 7) is 18.1. The lowest BCUT2D eigenvalue weighted by Crippen LogP contribution is -2.04. The number of allylic oxidation sites excluding steroid dienone is 8. The Balaban J connectivity index is -0.000000272. The van der Waals surface area contributed by atoms with Gasteiger partial charge in [0.15, 0.2) is 0 Å². The third-order valence-electron chi connectivity index (χ3n) is 5.96. The van der Waals surface area contributed by atoms with E-state index in [2.05, 4.69) is 79.0 Å². The Hall–Kier alpha value is -0.780. The van der Waals surface area contributed by atoms with Gasteiger partial charge in [-0.25, -0.2) is 26.6 Å². The lowest BCUT2D eigenvalue weighted by atomic mass is 10.0. The number of hydrogen-bond donors (Lipinski definition) is 6. The molecule has 0 aromatic carbocycles. The molecule has 0 aromatic rings. The summed E-state index contributed by atoms with van der Waals surface area (Å²) < 4.78 is 86.7. The summed E-state index contributed by atoms with van der Waals surface area (Å²) in [5.74, 6) is 0. The van der Waals surface area contributed by atoms with Crippen LogP contribution in [0.15, 0.2) is 70.4 Å². The smallest absolute Gasteiger partial charge is 0.479 e. The summed E-state index contributed by atoms with van der Waals surface area (Å²) in [5, 5.41) is 0. The normalized spacial score (nSPS) is 18.3. The molecular weight excluding hydrogens is 894 g/mol. The monoisotopic (exact) mass is 957 g/mol. The highest BCUT2D eigenvalue weighted by Crippen LogP contribution is 2.57. The Morgan fingerprint density at radius 1 is 0.500 bits per heavy atom. The van der Waals surface area contributed by atoms with E-state index in [-0.39, 0.29) is 35.1 Å². The van der Waals surface area contributed by atoms with Gasteiger partial charge in [-0.05, 0) is 100 Å². The van der Waals surface area contributed by atoms with E-state index >= 15 is 0 Å². The number of phosphoric ester groups is 3. The van der Waals surface area contributed by atoms with Gasteiger partial charge in [-0.15, -0.1) is 6.58 Å². The van der Waals surface area contributed by atoms with Crippen molar-refractivity contribution in [3.05, 3.63) is 70.4 Å². The summed E-state index contributed by atoms with van der Waals surface area (Å²) in [5.41, 5.74) is 6.51. The zero-order valence-corrected chi connectivity index (χ0v) is 38.5. The topological polar surface area (TPSA) is 348 Å². The predicted molar refractivity (Wildman–Crippen MR) is 216 cm³/mol. The van der Waals surface area contributed by atoms with Crippen LogP contribution in [-0.2, 0) is 53.9 Å². The first-order valence-electron chi connectivity index (χ1n) is 16.6. The predicted octanol–water partition coefficient (Wildman–Crippen LogP) is 7.70. The van der Waals surface area contributed by atoms with Crippen LogP contribution in [0.4, 0.5) is 0 Å². The molecule has 0 amide bonds. The molecule has 0 saturated carbocycles. The van der Waals surface area contributed by atoms with Crippen LogP contribution in [0.25, 0.3) is 0 Å². The van der Waals surface area contributed by atoms with Crippen molar-refractivity contribution in [2.24, 2.45) is 0 Å². The fourth-order valence-electron chi connectivity index (χ4n) is 3.36. The third kappa shape index (κ3) is 51.4. The Morgan fingerprint density at radius 2 is 0.793 bits per heavy atom. The number of phosphoric acid groups is 6. The average Bonchev–Trinajstić information content (AvgIpc) is 2.93. The fraction of sp³-hybridized carbons (Fsp3) is 0.613. The highest BCUT2D eigenvalue weighted by molar-refractivity contribution is 7.60. The second kappa shape index (κ2) is 31.1. The summed E-state index contributed by atoms with van der Waals surface area (Å²) in [6.07, 6.45) is 15.8. The van der Waals surface area contributed by atoms with Gasteiger partial charge in [-0.2, -0.15) is 0 Å². The van der Waals surface area contributed by atoms with Crippen molar-refractivity contribution in [3.63, 3.8) is 0 Å². The van der Waals surface area contributed by atoms with Crippen molar-refractivity contribution in [2.45, 2.75) is 108 Å². The molecule has 0 heterocycles. The van der Waals surface area contributed by atoms with Crippen molar-refractivity contribution in [1.29, 1.82) is 0 Å². The van der Waals surface area contributed by atoms with E-state index in [9.17, 15) is 42.1 Å². The molecule has 0 fully saturated rings. The highest BCUT2D eigenvalue weighted by atomic mass is 31.3. The van der Waals surface area contributed by atoms with E-state index in [0.717, 1.165) is 49.7 Å². The molecule has 6 N–H and O–H groups in total. The summed E-state index contributed by atoms with van der Waals surface area (Å²) in [7, 11) is -30.2. The third-order valence-corrected chi connectivity index (χ3v) is 12.4. The van der Waals surface area contributed by atoms with E-state index in [1.807, 2.05) is 6.92 Å². The number of rotatable bonds is 25. The van der Waals surface area contributed by atoms with Crippen molar-refractivity contribution in [2.75, 3.05) is 19.8 Å². The largest absolute Gasteiger partial charge is 0.756 e. The van der Waals surface area contributed by atoms with Crippen molar-refractivity contribution in [1.82, 2.24) is 0 Å². The van der Waals surface area contributed by atoms with Crippen LogP contribution >= 0.6 is 46.9 Å². The van der Waals surface area contributed by atoms with Gasteiger partial charge in [0.05, 0.1) is 19.8 Å². The van der Waals surface area contributed by atoms with Gasteiger partial charge in [0, 0.05) is 1.43 Å². The van der Waals surface area contributed by atoms with Gasteiger partial charge >= 0.3 is 23.5 Å². The Morgan fingerprint density at radius 3 is 1.10 bits per heavy atom. The molecule has 21 nitrogen and oxygen atoms in total. The van der Waals surface area contributed by atoms with Crippen molar-refractivity contribution in [3.8, 4) is 0 Å². The van der Waals surface area contributed by atoms with Crippen LogP contribution in [0.3, 0.4) is 0 Å². The van der Waals surface area contributed by atoms with Crippen LogP contribution in [0.2, 0.25) is 0 Å². The molecule has 0 rings (SSSR count). The molecule has 27 heteroatoms. The van der Waals surface area contributed by atoms with Gasteiger partial charge in [-0.3, -0.25) is 27.3 Å². The van der Waals surface area contributed by atoms with E-state index in [1.165, 1.54) is 22.8 Å². The van der Waals surface area contributed by atoms with Crippen molar-refractivity contribution < 1.29 is 99.4 Å². The molecule has 0 aliphatic carbocycles. The zero-order chi connectivity index (χ0) is 45.3. The molecule has 0 aliphatic heterocycles. The summed E-state index contributed by atoms with van der Waals surface area (Å²) in [4.78, 5) is 81.8. The van der Waals surface area contributed by atoms with Gasteiger partial charge in [0.1, 0.15) is 0 Å². The molecule has 0 spiro atoms. The lowest BCUT2D eigenvalue weighted by molar-refractivity contribution is -0.214. The van der Waals surface area contributed by atoms with E-state index in [4.69, 9.17) is 29.4 Å². The minimum atomic E-state index is -5.33. The SMILES string of the molecule is C.C=C(C)CCOP(=O)(O)OP(=O)([O-])O.CC(C)=CCC/C(C)=C/CC/C(C)=C/CC/C(C)=C/COP(=O)(O)OP(=O)([O-])O.CC(C)=CCOP(=O)(O)OP(=O)([O-])O.[HH]. The summed E-state index contributed by atoms with van der Waals surface area (Å²) in [6, 6.07) is 0. The second-order valence-electron chi connectivity index (χ2n) is 12.5. The molecular formula is C31H63O21P6-3. The van der Waals surface area contributed by atoms with Crippen LogP contribution in [-0.4, -0.2) is 49.2 Å². The van der Waals surface area contributed by atoms with Crippen LogP contribution in [0.1, 0.15) is 109 Å². The van der Waals surface area contributed by atoms with E-state index in [0.29, 0.717) is 5.57 Å². The molecule has 346 valence electrons. The van der Waals surface area contributed by atoms with E-state index in [1.54, 1.807) is 26.8 Å². The minimum Gasteiger partial charge on any atom is -0.756 e. The standard InChI is InChI=1S/C20H36O7P2.2C5H12O7P2.CH4.H2/c1-17(2)9-6-10-18(3)11-7-12-19(4)13-8-14-20(5)15-16-26-29(24,25)27-28(21,22)23;2*1-5(2)3-4-11-14(9,10)12-13(6,7)8;;/h9,11,13,15H,6-8,10,12,14,16H2,1-5H3,(H,24,25)(H2,21,22,23);3H,4H2,1-2H3,(H,9,10)(H2,6,7,8);1,3-4H2,2H3,(H,9,10)(H2,6,7,8);1H4;1H/p-3/b18-11+,19-13+,20-15+;;;;. The Bertz CT molecular complexity index is 1680. The Kier molecular flexibility index (Phi) is 34.3. The first-order valence-corrected chi connectivity index (χ1v) is 25.6. The van der Waals surface area contributed by atoms with Gasteiger partial charge in [-0.1, -0.05) is 71.2 Å². The maximum Gasteiger partial charge on any atom is 0.479 e. The van der Waals surface area contributed by atoms with Gasteiger partial charge in [0.2, 0.25) is 0 Å². The molecule has 0 radical (unpaired) electrons. The lowest BCUT2D eigenvalue weighted by Gasteiger charge is -2.18. The quantitative estimate of drug-likeness (QED) is 0.0377. The minimum absolute atomic E-state index is 0. The summed E-state index contributed by atoms with van der Waals surface area (Å²) >= 11 is 0. The molecule has 0 bridgehead atoms. The average molecular weight is 958 g/mol. The molecule has 0 aliphatic rings. The maximum absolute atomic E-state index is 11.3. The molecule has 0 saturated heterocycles. The fourth-order valence-corrected chi connectivity index (χ4v) is 7.90. The van der Waals surface area contributed by atoms with Gasteiger partial charge < -0.3 is 44.0 Å². The van der Waals surface area contributed by atoms with Crippen LogP contribution in [0, 0.1) is 0 Å². The molecule has 0 aromatic heterocycles. The van der Waals surface area contributed by atoms with E-state index < -0.39 is 46.9 Å². The first-order chi connectivity index (χ1) is 25.6. The van der Waals surface area contributed by atoms with Crippen molar-refractivity contribution >= 4 is 46.9 Å².